The normalized spacial score (nSPS) is 18.0. The van der Waals surface area contributed by atoms with E-state index in [-0.39, 0.29) is 18.3 Å². The van der Waals surface area contributed by atoms with E-state index in [1.54, 1.807) is 0 Å². The Bertz CT molecular complexity index is 656. The number of aliphatic hydroxyl groups is 1. The maximum atomic E-state index is 13.2. The highest BCUT2D eigenvalue weighted by Crippen LogP contribution is 2.51. The van der Waals surface area contributed by atoms with Crippen LogP contribution in [0.2, 0.25) is 0 Å². The fourth-order valence-corrected chi connectivity index (χ4v) is 2.21. The molecule has 0 saturated heterocycles. The molecule has 2 rings (SSSR count). The van der Waals surface area contributed by atoms with Crippen molar-refractivity contribution in [2.75, 3.05) is 18.6 Å². The Hall–Kier alpha value is -1.94. The zero-order valence-electron chi connectivity index (χ0n) is 11.9. The van der Waals surface area contributed by atoms with Crippen LogP contribution in [0.5, 0.6) is 0 Å². The fraction of sp³-hybridized carbons (Fsp3) is 0.385. The molecule has 1 atom stereocenters. The lowest BCUT2D eigenvalue weighted by molar-refractivity contribution is -0.317. The topological polar surface area (TPSA) is 62.1 Å². The molecule has 24 heavy (non-hydrogen) atoms. The zero-order chi connectivity index (χ0) is 18.3. The number of rotatable bonds is 3. The van der Waals surface area contributed by atoms with Crippen LogP contribution in [0.15, 0.2) is 29.3 Å². The van der Waals surface area contributed by atoms with Gasteiger partial charge in [-0.2, -0.15) is 26.9 Å². The third-order valence-corrected chi connectivity index (χ3v) is 3.60. The summed E-state index contributed by atoms with van der Waals surface area (Å²) < 4.78 is 70.2. The van der Waals surface area contributed by atoms with Gasteiger partial charge in [-0.3, -0.25) is 9.69 Å². The van der Waals surface area contributed by atoms with E-state index in [0.29, 0.717) is 12.1 Å². The minimum atomic E-state index is -5.71. The summed E-state index contributed by atoms with van der Waals surface area (Å²) in [6.07, 6.45) is -5.71. The zero-order valence-corrected chi connectivity index (χ0v) is 12.7. The largest absolute Gasteiger partial charge is 0.454 e. The Balaban J connectivity index is 2.37. The first-order chi connectivity index (χ1) is 10.9. The van der Waals surface area contributed by atoms with Gasteiger partial charge < -0.3 is 9.84 Å². The van der Waals surface area contributed by atoms with Crippen molar-refractivity contribution in [3.8, 4) is 0 Å². The van der Waals surface area contributed by atoms with Crippen LogP contribution < -0.4 is 4.90 Å². The molecule has 0 fully saturated rings. The van der Waals surface area contributed by atoms with Gasteiger partial charge in [0.05, 0.1) is 0 Å². The van der Waals surface area contributed by atoms with Gasteiger partial charge in [-0.1, -0.05) is 12.1 Å². The molecule has 1 unspecified atom stereocenters. The van der Waals surface area contributed by atoms with Gasteiger partial charge in [-0.25, -0.2) is 0 Å². The second kappa shape index (κ2) is 5.85. The minimum absolute atomic E-state index is 0.0958. The van der Waals surface area contributed by atoms with Crippen LogP contribution in [-0.4, -0.2) is 42.2 Å². The highest BCUT2D eigenvalue weighted by Gasteiger charge is 2.69. The molecule has 1 N–H and O–H groups in total. The molecule has 1 amide bonds. The second-order valence-electron chi connectivity index (χ2n) is 4.89. The average Bonchev–Trinajstić information content (AvgIpc) is 2.90. The molecule has 5 nitrogen and oxygen atoms in total. The van der Waals surface area contributed by atoms with E-state index in [4.69, 9.17) is 4.74 Å². The summed E-state index contributed by atoms with van der Waals surface area (Å²) >= 11 is 4.49. The van der Waals surface area contributed by atoms with E-state index in [9.17, 15) is 31.9 Å². The van der Waals surface area contributed by atoms with Crippen LogP contribution in [0.25, 0.3) is 0 Å². The smallest absolute Gasteiger partial charge is 0.428 e. The van der Waals surface area contributed by atoms with Crippen molar-refractivity contribution in [3.63, 3.8) is 0 Å². The Labute approximate surface area is 137 Å². The summed E-state index contributed by atoms with van der Waals surface area (Å²) in [6.45, 7) is -0.274. The lowest BCUT2D eigenvalue weighted by atomic mass is 9.93. The Morgan fingerprint density at radius 2 is 1.75 bits per heavy atom. The van der Waals surface area contributed by atoms with Crippen molar-refractivity contribution in [2.24, 2.45) is 4.99 Å². The number of hydrogen-bond donors (Lipinski definition) is 1. The first-order valence-corrected chi connectivity index (χ1v) is 6.70. The molecule has 0 saturated carbocycles. The summed E-state index contributed by atoms with van der Waals surface area (Å²) in [6, 6.07) is 3.23. The number of aliphatic imine (C=N–C) groups is 1. The van der Waals surface area contributed by atoms with Gasteiger partial charge in [-0.15, -0.1) is 0 Å². The van der Waals surface area contributed by atoms with Crippen LogP contribution in [0, 0.1) is 0 Å². The number of amidine groups is 1. The van der Waals surface area contributed by atoms with E-state index in [0.717, 1.165) is 12.1 Å². The predicted molar refractivity (Wildman–Crippen MR) is 74.0 cm³/mol. The van der Waals surface area contributed by atoms with Gasteiger partial charge >= 0.3 is 11.6 Å². The molecule has 0 radical (unpaired) electrons. The number of anilines is 1. The number of carbonyl (C=O) groups excluding carboxylic acids is 1. The van der Waals surface area contributed by atoms with Gasteiger partial charge in [0.1, 0.15) is 0 Å². The van der Waals surface area contributed by atoms with E-state index in [1.807, 2.05) is 0 Å². The van der Waals surface area contributed by atoms with Crippen molar-refractivity contribution in [3.05, 3.63) is 29.8 Å². The van der Waals surface area contributed by atoms with Gasteiger partial charge in [0.15, 0.2) is 6.61 Å². The van der Waals surface area contributed by atoms with Crippen LogP contribution in [0.3, 0.4) is 0 Å². The molecular formula is C13H10ClF5N2O3. The van der Waals surface area contributed by atoms with Gasteiger partial charge in [0.2, 0.25) is 0 Å². The molecule has 11 heteroatoms. The Kier molecular flexibility index (Phi) is 4.49. The standard InChI is InChI=1S/C13H10ClF5N2O3/c1-21(10-20-9(22)6-24-10)8-4-2-7(3-5-8)11(23,12(14,15)16)13(17,18)19/h2-5,23H,6H2,1H3. The number of halogens is 6. The van der Waals surface area contributed by atoms with E-state index < -0.39 is 28.6 Å². The number of carbonyl (C=O) groups is 1. The summed E-state index contributed by atoms with van der Waals surface area (Å²) in [5.74, 6) is -0.540. The number of ether oxygens (including phenoxy) is 1. The second-order valence-corrected chi connectivity index (χ2v) is 5.36. The highest BCUT2D eigenvalue weighted by molar-refractivity contribution is 6.22. The maximum Gasteiger partial charge on any atom is 0.428 e. The van der Waals surface area contributed by atoms with E-state index >= 15 is 0 Å². The Morgan fingerprint density at radius 1 is 1.21 bits per heavy atom. The van der Waals surface area contributed by atoms with Crippen LogP contribution in [0.4, 0.5) is 27.6 Å². The molecule has 1 aromatic rings. The summed E-state index contributed by atoms with van der Waals surface area (Å²) in [5, 5.41) is 4.54. The molecule has 1 aromatic carbocycles. The average molecular weight is 373 g/mol. The number of benzene rings is 1. The van der Waals surface area contributed by atoms with Crippen molar-refractivity contribution in [2.45, 2.75) is 17.2 Å². The molecule has 1 aliphatic rings. The predicted octanol–water partition coefficient (Wildman–Crippen LogP) is 2.62. The molecule has 0 aromatic heterocycles. The number of hydrogen-bond acceptors (Lipinski definition) is 4. The van der Waals surface area contributed by atoms with Crippen molar-refractivity contribution in [1.29, 1.82) is 0 Å². The van der Waals surface area contributed by atoms with Crippen LogP contribution in [-0.2, 0) is 15.1 Å². The third kappa shape index (κ3) is 3.03. The van der Waals surface area contributed by atoms with E-state index in [1.165, 1.54) is 11.9 Å². The molecule has 0 spiro atoms. The number of nitrogens with zero attached hydrogens (tertiary/aromatic N) is 2. The first-order valence-electron chi connectivity index (χ1n) is 6.32. The highest BCUT2D eigenvalue weighted by atomic mass is 35.5. The molecule has 0 aliphatic carbocycles. The summed E-state index contributed by atoms with van der Waals surface area (Å²) in [5.41, 5.74) is -5.51. The molecule has 132 valence electrons. The van der Waals surface area contributed by atoms with Gasteiger partial charge in [0, 0.05) is 18.3 Å². The van der Waals surface area contributed by atoms with E-state index in [2.05, 4.69) is 16.6 Å². The first kappa shape index (κ1) is 18.4. The van der Waals surface area contributed by atoms with Gasteiger partial charge in [-0.05, 0) is 23.7 Å². The van der Waals surface area contributed by atoms with Crippen molar-refractivity contribution < 1.29 is 36.6 Å². The van der Waals surface area contributed by atoms with Crippen molar-refractivity contribution >= 4 is 29.2 Å². The number of alkyl halides is 6. The SMILES string of the molecule is CN(C1=NC(=O)CO1)c1ccc(C(O)(C(F)(F)F)C(F)(F)Cl)cc1. The van der Waals surface area contributed by atoms with Crippen LogP contribution >= 0.6 is 11.6 Å². The molecule has 1 aliphatic heterocycles. The Morgan fingerprint density at radius 3 is 2.12 bits per heavy atom. The monoisotopic (exact) mass is 372 g/mol. The summed E-state index contributed by atoms with van der Waals surface area (Å²) in [7, 11) is 1.40. The molecule has 1 heterocycles. The van der Waals surface area contributed by atoms with Crippen molar-refractivity contribution in [1.82, 2.24) is 0 Å². The lowest BCUT2D eigenvalue weighted by Gasteiger charge is -2.34. The summed E-state index contributed by atoms with van der Waals surface area (Å²) in [4.78, 5) is 15.7. The number of amides is 1. The maximum absolute atomic E-state index is 13.2. The molecule has 0 bridgehead atoms. The molecular weight excluding hydrogens is 363 g/mol. The van der Waals surface area contributed by atoms with Gasteiger partial charge in [0.25, 0.3) is 17.5 Å². The van der Waals surface area contributed by atoms with Crippen LogP contribution in [0.1, 0.15) is 5.56 Å². The fourth-order valence-electron chi connectivity index (χ4n) is 1.99. The third-order valence-electron chi connectivity index (χ3n) is 3.32. The lowest BCUT2D eigenvalue weighted by Crippen LogP contribution is -2.53. The quantitative estimate of drug-likeness (QED) is 0.654. The minimum Gasteiger partial charge on any atom is -0.454 e.